The van der Waals surface area contributed by atoms with E-state index in [1.807, 2.05) is 0 Å². The molecule has 0 fully saturated rings. The number of sulfonamides is 1. The van der Waals surface area contributed by atoms with Gasteiger partial charge in [0.15, 0.2) is 0 Å². The number of ether oxygens (including phenoxy) is 1. The predicted octanol–water partition coefficient (Wildman–Crippen LogP) is 0.584. The van der Waals surface area contributed by atoms with Crippen molar-refractivity contribution in [2.75, 3.05) is 33.1 Å². The standard InChI is InChI=1S/C13H22N2O5S/c1-19-9-4-7-14-13(16)6-8-15(21(2,17)18)11-12-5-3-10-20-12/h3,5,10H,4,6-9,11H2,1-2H3,(H,14,16). The maximum atomic E-state index is 11.7. The Hall–Kier alpha value is -1.38. The second-order valence-corrected chi connectivity index (χ2v) is 6.60. The highest BCUT2D eigenvalue weighted by atomic mass is 32.2. The van der Waals surface area contributed by atoms with Crippen LogP contribution in [0.25, 0.3) is 0 Å². The molecule has 0 atom stereocenters. The number of carbonyl (C=O) groups excluding carboxylic acids is 1. The lowest BCUT2D eigenvalue weighted by Crippen LogP contribution is -2.34. The predicted molar refractivity (Wildman–Crippen MR) is 78.1 cm³/mol. The number of nitrogens with zero attached hydrogens (tertiary/aromatic N) is 1. The van der Waals surface area contributed by atoms with Crippen molar-refractivity contribution in [3.8, 4) is 0 Å². The summed E-state index contributed by atoms with van der Waals surface area (Å²) >= 11 is 0. The molecule has 0 spiro atoms. The van der Waals surface area contributed by atoms with Crippen LogP contribution in [0.3, 0.4) is 0 Å². The van der Waals surface area contributed by atoms with Gasteiger partial charge in [-0.05, 0) is 18.6 Å². The summed E-state index contributed by atoms with van der Waals surface area (Å²) in [5.74, 6) is 0.361. The van der Waals surface area contributed by atoms with Crippen LogP contribution in [0.1, 0.15) is 18.6 Å². The van der Waals surface area contributed by atoms with Crippen LogP contribution < -0.4 is 5.32 Å². The van der Waals surface area contributed by atoms with Gasteiger partial charge in [-0.2, -0.15) is 4.31 Å². The number of hydrogen-bond donors (Lipinski definition) is 1. The SMILES string of the molecule is COCCCNC(=O)CCN(Cc1ccco1)S(C)(=O)=O. The van der Waals surface area contributed by atoms with Crippen molar-refractivity contribution in [2.45, 2.75) is 19.4 Å². The van der Waals surface area contributed by atoms with Crippen LogP contribution in [0.4, 0.5) is 0 Å². The molecule has 1 heterocycles. The largest absolute Gasteiger partial charge is 0.468 e. The summed E-state index contributed by atoms with van der Waals surface area (Å²) in [6.07, 6.45) is 3.44. The fourth-order valence-corrected chi connectivity index (χ4v) is 2.48. The number of furan rings is 1. The Balaban J connectivity index is 2.41. The van der Waals surface area contributed by atoms with Crippen molar-refractivity contribution in [3.63, 3.8) is 0 Å². The van der Waals surface area contributed by atoms with Gasteiger partial charge in [-0.1, -0.05) is 0 Å². The average Bonchev–Trinajstić information content (AvgIpc) is 2.91. The molecule has 120 valence electrons. The van der Waals surface area contributed by atoms with E-state index in [-0.39, 0.29) is 25.4 Å². The highest BCUT2D eigenvalue weighted by molar-refractivity contribution is 7.88. The van der Waals surface area contributed by atoms with Crippen LogP contribution in [0.2, 0.25) is 0 Å². The molecule has 0 aliphatic rings. The van der Waals surface area contributed by atoms with E-state index >= 15 is 0 Å². The molecule has 0 aromatic carbocycles. The van der Waals surface area contributed by atoms with Gasteiger partial charge in [-0.15, -0.1) is 0 Å². The Morgan fingerprint density at radius 3 is 2.81 bits per heavy atom. The third-order valence-corrected chi connectivity index (χ3v) is 4.07. The summed E-state index contributed by atoms with van der Waals surface area (Å²) < 4.78 is 34.6. The Kier molecular flexibility index (Phi) is 7.41. The fourth-order valence-electron chi connectivity index (χ4n) is 1.70. The topological polar surface area (TPSA) is 88.8 Å². The normalized spacial score (nSPS) is 11.8. The summed E-state index contributed by atoms with van der Waals surface area (Å²) in [5.41, 5.74) is 0. The van der Waals surface area contributed by atoms with Gasteiger partial charge in [-0.25, -0.2) is 8.42 Å². The lowest BCUT2D eigenvalue weighted by molar-refractivity contribution is -0.121. The van der Waals surface area contributed by atoms with E-state index in [0.717, 1.165) is 12.7 Å². The fraction of sp³-hybridized carbons (Fsp3) is 0.615. The van der Waals surface area contributed by atoms with E-state index in [1.54, 1.807) is 19.2 Å². The highest BCUT2D eigenvalue weighted by Crippen LogP contribution is 2.09. The van der Waals surface area contributed by atoms with E-state index in [9.17, 15) is 13.2 Å². The van der Waals surface area contributed by atoms with E-state index in [4.69, 9.17) is 9.15 Å². The summed E-state index contributed by atoms with van der Waals surface area (Å²) in [6.45, 7) is 1.34. The minimum Gasteiger partial charge on any atom is -0.468 e. The maximum absolute atomic E-state index is 11.7. The van der Waals surface area contributed by atoms with Gasteiger partial charge in [0, 0.05) is 33.2 Å². The van der Waals surface area contributed by atoms with Crippen molar-refractivity contribution in [2.24, 2.45) is 0 Å². The van der Waals surface area contributed by atoms with Gasteiger partial charge >= 0.3 is 0 Å². The summed E-state index contributed by atoms with van der Waals surface area (Å²) in [7, 11) is -1.79. The second kappa shape index (κ2) is 8.81. The van der Waals surface area contributed by atoms with Gasteiger partial charge in [0.05, 0.1) is 19.1 Å². The first kappa shape index (κ1) is 17.7. The first-order valence-corrected chi connectivity index (χ1v) is 8.51. The number of rotatable bonds is 10. The first-order valence-electron chi connectivity index (χ1n) is 6.66. The first-order chi connectivity index (χ1) is 9.93. The van der Waals surface area contributed by atoms with Gasteiger partial charge in [0.25, 0.3) is 0 Å². The van der Waals surface area contributed by atoms with Crippen molar-refractivity contribution in [1.82, 2.24) is 9.62 Å². The molecule has 1 amide bonds. The van der Waals surface area contributed by atoms with E-state index in [0.29, 0.717) is 18.9 Å². The Morgan fingerprint density at radius 1 is 1.48 bits per heavy atom. The lowest BCUT2D eigenvalue weighted by atomic mass is 10.3. The second-order valence-electron chi connectivity index (χ2n) is 4.62. The third kappa shape index (κ3) is 7.26. The molecule has 0 radical (unpaired) electrons. The molecule has 8 heteroatoms. The number of hydrogen-bond acceptors (Lipinski definition) is 5. The van der Waals surface area contributed by atoms with Gasteiger partial charge in [0.1, 0.15) is 5.76 Å². The van der Waals surface area contributed by atoms with Crippen LogP contribution in [-0.4, -0.2) is 51.7 Å². The van der Waals surface area contributed by atoms with Crippen LogP contribution in [-0.2, 0) is 26.1 Å². The van der Waals surface area contributed by atoms with Crippen LogP contribution >= 0.6 is 0 Å². The Bertz CT molecular complexity index is 513. The molecule has 1 aromatic heterocycles. The van der Waals surface area contributed by atoms with Crippen molar-refractivity contribution in [1.29, 1.82) is 0 Å². The molecule has 0 saturated carbocycles. The van der Waals surface area contributed by atoms with E-state index in [2.05, 4.69) is 5.32 Å². The zero-order valence-corrected chi connectivity index (χ0v) is 13.2. The summed E-state index contributed by atoms with van der Waals surface area (Å²) in [4.78, 5) is 11.6. The lowest BCUT2D eigenvalue weighted by Gasteiger charge is -2.18. The van der Waals surface area contributed by atoms with E-state index < -0.39 is 10.0 Å². The number of carbonyl (C=O) groups is 1. The van der Waals surface area contributed by atoms with E-state index in [1.165, 1.54) is 10.6 Å². The Labute approximate surface area is 125 Å². The average molecular weight is 318 g/mol. The van der Waals surface area contributed by atoms with Gasteiger partial charge in [-0.3, -0.25) is 4.79 Å². The molecule has 1 N–H and O–H groups in total. The molecule has 1 rings (SSSR count). The molecule has 0 aliphatic carbocycles. The number of methoxy groups -OCH3 is 1. The molecule has 1 aromatic rings. The minimum atomic E-state index is -3.39. The smallest absolute Gasteiger partial charge is 0.221 e. The van der Waals surface area contributed by atoms with Crippen molar-refractivity contribution in [3.05, 3.63) is 24.2 Å². The molecule has 0 bridgehead atoms. The molecule has 21 heavy (non-hydrogen) atoms. The third-order valence-electron chi connectivity index (χ3n) is 2.82. The van der Waals surface area contributed by atoms with Crippen LogP contribution in [0, 0.1) is 0 Å². The molecular weight excluding hydrogens is 296 g/mol. The van der Waals surface area contributed by atoms with Gasteiger partial charge in [0.2, 0.25) is 15.9 Å². The number of nitrogens with one attached hydrogen (secondary N) is 1. The minimum absolute atomic E-state index is 0.112. The zero-order chi connectivity index (χ0) is 15.7. The Morgan fingerprint density at radius 2 is 2.24 bits per heavy atom. The van der Waals surface area contributed by atoms with Crippen molar-refractivity contribution < 1.29 is 22.4 Å². The molecular formula is C13H22N2O5S. The monoisotopic (exact) mass is 318 g/mol. The molecule has 0 saturated heterocycles. The molecule has 0 unspecified atom stereocenters. The maximum Gasteiger partial charge on any atom is 0.221 e. The molecule has 0 aliphatic heterocycles. The van der Waals surface area contributed by atoms with Crippen LogP contribution in [0.15, 0.2) is 22.8 Å². The number of amides is 1. The van der Waals surface area contributed by atoms with Gasteiger partial charge < -0.3 is 14.5 Å². The van der Waals surface area contributed by atoms with Crippen LogP contribution in [0.5, 0.6) is 0 Å². The quantitative estimate of drug-likeness (QED) is 0.638. The summed E-state index contributed by atoms with van der Waals surface area (Å²) in [5, 5.41) is 2.72. The summed E-state index contributed by atoms with van der Waals surface area (Å²) in [6, 6.07) is 3.39. The highest BCUT2D eigenvalue weighted by Gasteiger charge is 2.19. The molecule has 7 nitrogen and oxygen atoms in total. The zero-order valence-electron chi connectivity index (χ0n) is 12.4. The van der Waals surface area contributed by atoms with Crippen molar-refractivity contribution >= 4 is 15.9 Å².